The molecule has 144 valence electrons. The SMILES string of the molecule is C=C(C)C(=O)OC(COC(=O)O)OOC(C)(C)c1ccc(C(C)C)cc1. The van der Waals surface area contributed by atoms with Gasteiger partial charge in [-0.2, -0.15) is 4.89 Å². The predicted molar refractivity (Wildman–Crippen MR) is 94.4 cm³/mol. The van der Waals surface area contributed by atoms with E-state index < -0.39 is 30.6 Å². The van der Waals surface area contributed by atoms with Crippen LogP contribution in [0.5, 0.6) is 0 Å². The number of ether oxygens (including phenoxy) is 2. The molecule has 1 aromatic carbocycles. The Kier molecular flexibility index (Phi) is 7.79. The van der Waals surface area contributed by atoms with Gasteiger partial charge in [-0.05, 0) is 37.8 Å². The summed E-state index contributed by atoms with van der Waals surface area (Å²) in [4.78, 5) is 32.7. The van der Waals surface area contributed by atoms with Crippen molar-refractivity contribution in [2.75, 3.05) is 6.61 Å². The summed E-state index contributed by atoms with van der Waals surface area (Å²) in [6, 6.07) is 7.83. The second-order valence-corrected chi connectivity index (χ2v) is 6.66. The maximum Gasteiger partial charge on any atom is 0.505 e. The Labute approximate surface area is 153 Å². The number of hydrogen-bond donors (Lipinski definition) is 1. The lowest BCUT2D eigenvalue weighted by molar-refractivity contribution is -0.419. The van der Waals surface area contributed by atoms with Crippen LogP contribution in [0.4, 0.5) is 4.79 Å². The summed E-state index contributed by atoms with van der Waals surface area (Å²) >= 11 is 0. The molecule has 0 aliphatic heterocycles. The standard InChI is InChI=1S/C19H26O7/c1-12(2)14-7-9-15(10-8-14)19(5,6)26-25-16(11-23-18(21)22)24-17(20)13(3)4/h7-10,12,16H,3,11H2,1-2,4-6H3,(H,21,22). The summed E-state index contributed by atoms with van der Waals surface area (Å²) < 4.78 is 9.37. The van der Waals surface area contributed by atoms with Gasteiger partial charge in [0.1, 0.15) is 5.60 Å². The quantitative estimate of drug-likeness (QED) is 0.231. The van der Waals surface area contributed by atoms with Gasteiger partial charge in [-0.25, -0.2) is 14.5 Å². The summed E-state index contributed by atoms with van der Waals surface area (Å²) in [6.45, 7) is 12.1. The van der Waals surface area contributed by atoms with E-state index in [0.717, 1.165) is 5.56 Å². The van der Waals surface area contributed by atoms with Crippen molar-refractivity contribution < 1.29 is 33.9 Å². The summed E-state index contributed by atoms with van der Waals surface area (Å²) in [6.07, 6.45) is -2.88. The van der Waals surface area contributed by atoms with E-state index in [9.17, 15) is 9.59 Å². The molecule has 0 radical (unpaired) electrons. The fourth-order valence-corrected chi connectivity index (χ4v) is 1.93. The molecular weight excluding hydrogens is 340 g/mol. The maximum atomic E-state index is 11.6. The van der Waals surface area contributed by atoms with Crippen molar-refractivity contribution in [3.63, 3.8) is 0 Å². The third-order valence-electron chi connectivity index (χ3n) is 3.57. The first-order chi connectivity index (χ1) is 12.0. The van der Waals surface area contributed by atoms with Crippen LogP contribution in [0.15, 0.2) is 36.4 Å². The summed E-state index contributed by atoms with van der Waals surface area (Å²) in [5.41, 5.74) is 1.30. The summed E-state index contributed by atoms with van der Waals surface area (Å²) in [5.74, 6) is -0.338. The van der Waals surface area contributed by atoms with E-state index in [1.54, 1.807) is 13.8 Å². The van der Waals surface area contributed by atoms with Crippen LogP contribution in [0.25, 0.3) is 0 Å². The fraction of sp³-hybridized carbons (Fsp3) is 0.474. The average Bonchev–Trinajstić information content (AvgIpc) is 2.57. The van der Waals surface area contributed by atoms with Gasteiger partial charge in [0.05, 0.1) is 0 Å². The molecule has 0 saturated heterocycles. The molecule has 0 heterocycles. The molecule has 1 atom stereocenters. The smallest absolute Gasteiger partial charge is 0.450 e. The third-order valence-corrected chi connectivity index (χ3v) is 3.57. The van der Waals surface area contributed by atoms with Crippen molar-refractivity contribution in [2.24, 2.45) is 0 Å². The molecular formula is C19H26O7. The lowest BCUT2D eigenvalue weighted by Crippen LogP contribution is -2.32. The first-order valence-corrected chi connectivity index (χ1v) is 8.20. The minimum absolute atomic E-state index is 0.137. The van der Waals surface area contributed by atoms with Crippen molar-refractivity contribution >= 4 is 12.1 Å². The molecule has 7 heteroatoms. The summed E-state index contributed by atoms with van der Waals surface area (Å²) in [7, 11) is 0. The predicted octanol–water partition coefficient (Wildman–Crippen LogP) is 4.13. The molecule has 0 bridgehead atoms. The van der Waals surface area contributed by atoms with Crippen LogP contribution < -0.4 is 0 Å². The van der Waals surface area contributed by atoms with Crippen LogP contribution in [0.3, 0.4) is 0 Å². The van der Waals surface area contributed by atoms with Crippen LogP contribution >= 0.6 is 0 Å². The van der Waals surface area contributed by atoms with E-state index >= 15 is 0 Å². The Bertz CT molecular complexity index is 632. The Morgan fingerprint density at radius 2 is 1.77 bits per heavy atom. The van der Waals surface area contributed by atoms with Crippen LogP contribution in [0.1, 0.15) is 51.7 Å². The normalized spacial score (nSPS) is 12.5. The molecule has 1 N–H and O–H groups in total. The van der Waals surface area contributed by atoms with Crippen LogP contribution in [0.2, 0.25) is 0 Å². The second-order valence-electron chi connectivity index (χ2n) is 6.66. The average molecular weight is 366 g/mol. The minimum Gasteiger partial charge on any atom is -0.450 e. The number of hydrogen-bond acceptors (Lipinski definition) is 6. The number of benzene rings is 1. The molecule has 26 heavy (non-hydrogen) atoms. The zero-order valence-electron chi connectivity index (χ0n) is 15.8. The Balaban J connectivity index is 2.78. The van der Waals surface area contributed by atoms with E-state index in [1.165, 1.54) is 12.5 Å². The number of rotatable bonds is 9. The molecule has 0 amide bonds. The highest BCUT2D eigenvalue weighted by molar-refractivity contribution is 5.87. The highest BCUT2D eigenvalue weighted by Gasteiger charge is 2.27. The van der Waals surface area contributed by atoms with E-state index in [0.29, 0.717) is 5.92 Å². The topological polar surface area (TPSA) is 91.3 Å². The van der Waals surface area contributed by atoms with Crippen molar-refractivity contribution in [3.05, 3.63) is 47.5 Å². The van der Waals surface area contributed by atoms with Gasteiger partial charge < -0.3 is 14.6 Å². The van der Waals surface area contributed by atoms with E-state index in [-0.39, 0.29) is 5.57 Å². The number of carboxylic acid groups (broad SMARTS) is 1. The fourth-order valence-electron chi connectivity index (χ4n) is 1.93. The maximum absolute atomic E-state index is 11.6. The van der Waals surface area contributed by atoms with Gasteiger partial charge in [0.15, 0.2) is 6.61 Å². The van der Waals surface area contributed by atoms with Gasteiger partial charge in [0, 0.05) is 5.57 Å². The summed E-state index contributed by atoms with van der Waals surface area (Å²) in [5, 5.41) is 8.61. The van der Waals surface area contributed by atoms with Crippen LogP contribution in [-0.4, -0.2) is 30.1 Å². The highest BCUT2D eigenvalue weighted by Crippen LogP contribution is 2.27. The lowest BCUT2D eigenvalue weighted by Gasteiger charge is -2.27. The van der Waals surface area contributed by atoms with Gasteiger partial charge in [0.2, 0.25) is 0 Å². The molecule has 1 unspecified atom stereocenters. The number of carbonyl (C=O) groups is 2. The van der Waals surface area contributed by atoms with Gasteiger partial charge in [-0.3, -0.25) is 0 Å². The van der Waals surface area contributed by atoms with Crippen LogP contribution in [-0.2, 0) is 29.6 Å². The molecule has 0 aliphatic carbocycles. The van der Waals surface area contributed by atoms with Crippen molar-refractivity contribution in [1.29, 1.82) is 0 Å². The van der Waals surface area contributed by atoms with E-state index in [1.807, 2.05) is 24.3 Å². The van der Waals surface area contributed by atoms with Gasteiger partial charge in [-0.15, -0.1) is 0 Å². The molecule has 0 aliphatic rings. The van der Waals surface area contributed by atoms with E-state index in [4.69, 9.17) is 19.6 Å². The van der Waals surface area contributed by atoms with Crippen molar-refractivity contribution in [2.45, 2.75) is 52.4 Å². The Morgan fingerprint density at radius 3 is 2.23 bits per heavy atom. The van der Waals surface area contributed by atoms with Gasteiger partial charge >= 0.3 is 12.1 Å². The van der Waals surface area contributed by atoms with Gasteiger partial charge in [-0.1, -0.05) is 44.7 Å². The van der Waals surface area contributed by atoms with Gasteiger partial charge in [0.25, 0.3) is 6.29 Å². The molecule has 0 aromatic heterocycles. The molecule has 0 spiro atoms. The second kappa shape index (κ2) is 9.35. The Hall–Kier alpha value is -2.38. The first kappa shape index (κ1) is 21.7. The molecule has 7 nitrogen and oxygen atoms in total. The lowest BCUT2D eigenvalue weighted by atomic mass is 9.94. The molecule has 1 rings (SSSR count). The monoisotopic (exact) mass is 366 g/mol. The minimum atomic E-state index is -1.52. The molecule has 0 fully saturated rings. The molecule has 1 aromatic rings. The van der Waals surface area contributed by atoms with Crippen LogP contribution in [0, 0.1) is 0 Å². The van der Waals surface area contributed by atoms with E-state index in [2.05, 4.69) is 25.2 Å². The molecule has 0 saturated carbocycles. The number of esters is 1. The van der Waals surface area contributed by atoms with Crippen molar-refractivity contribution in [1.82, 2.24) is 0 Å². The highest BCUT2D eigenvalue weighted by atomic mass is 17.2. The zero-order valence-corrected chi connectivity index (χ0v) is 15.8. The largest absolute Gasteiger partial charge is 0.505 e. The first-order valence-electron chi connectivity index (χ1n) is 8.20. The zero-order chi connectivity index (χ0) is 19.9. The number of carbonyl (C=O) groups excluding carboxylic acids is 1. The third kappa shape index (κ3) is 6.85. The van der Waals surface area contributed by atoms with Crippen molar-refractivity contribution in [3.8, 4) is 0 Å². The Morgan fingerprint density at radius 1 is 1.19 bits per heavy atom.